The van der Waals surface area contributed by atoms with Crippen molar-refractivity contribution in [3.8, 4) is 0 Å². The lowest BCUT2D eigenvalue weighted by molar-refractivity contribution is -0.146. The molecule has 0 aliphatic carbocycles. The quantitative estimate of drug-likeness (QED) is 0.119. The topological polar surface area (TPSA) is 216 Å². The summed E-state index contributed by atoms with van der Waals surface area (Å²) in [7, 11) is 0. The fourth-order valence-electron chi connectivity index (χ4n) is 3.47. The number of amides is 1. The van der Waals surface area contributed by atoms with E-state index in [0.717, 1.165) is 0 Å². The van der Waals surface area contributed by atoms with E-state index in [1.165, 1.54) is 4.90 Å². The lowest BCUT2D eigenvalue weighted by Crippen LogP contribution is -2.44. The highest BCUT2D eigenvalue weighted by Crippen LogP contribution is 2.22. The predicted molar refractivity (Wildman–Crippen MR) is 123 cm³/mol. The minimum atomic E-state index is -1.37. The molecule has 0 radical (unpaired) electrons. The van der Waals surface area contributed by atoms with E-state index in [2.05, 4.69) is 0 Å². The summed E-state index contributed by atoms with van der Waals surface area (Å²) in [5.41, 5.74) is 0. The Labute approximate surface area is 209 Å². The molecule has 0 aromatic heterocycles. The van der Waals surface area contributed by atoms with Crippen LogP contribution in [0.15, 0.2) is 0 Å². The van der Waals surface area contributed by atoms with Crippen LogP contribution in [-0.4, -0.2) is 105 Å². The number of carbonyl (C=O) groups excluding carboxylic acids is 3. The number of aliphatic hydroxyl groups excluding tert-OH is 2. The fraction of sp³-hybridized carbons (Fsp3) is 0.739. The third-order valence-electron chi connectivity index (χ3n) is 5.56. The first-order valence-corrected chi connectivity index (χ1v) is 11.7. The molecule has 0 fully saturated rings. The lowest BCUT2D eigenvalue weighted by atomic mass is 9.86. The van der Waals surface area contributed by atoms with Crippen molar-refractivity contribution in [2.75, 3.05) is 33.0 Å². The van der Waals surface area contributed by atoms with E-state index in [4.69, 9.17) is 20.1 Å². The summed E-state index contributed by atoms with van der Waals surface area (Å²) in [5, 5.41) is 45.1. The van der Waals surface area contributed by atoms with Gasteiger partial charge in [0.25, 0.3) is 0 Å². The molecule has 0 spiro atoms. The molecule has 0 aromatic rings. The van der Waals surface area contributed by atoms with E-state index in [0.29, 0.717) is 6.42 Å². The van der Waals surface area contributed by atoms with Gasteiger partial charge in [0.1, 0.15) is 12.4 Å². The van der Waals surface area contributed by atoms with E-state index in [1.54, 1.807) is 6.92 Å². The molecule has 206 valence electrons. The van der Waals surface area contributed by atoms with Gasteiger partial charge < -0.3 is 35.2 Å². The first kappa shape index (κ1) is 33.1. The Kier molecular flexibility index (Phi) is 16.9. The van der Waals surface area contributed by atoms with Crippen LogP contribution < -0.4 is 0 Å². The maximum absolute atomic E-state index is 12.8. The van der Waals surface area contributed by atoms with Crippen molar-refractivity contribution in [1.29, 1.82) is 0 Å². The van der Waals surface area contributed by atoms with Crippen LogP contribution in [0.2, 0.25) is 0 Å². The maximum Gasteiger partial charge on any atom is 0.306 e. The van der Waals surface area contributed by atoms with Crippen molar-refractivity contribution in [3.63, 3.8) is 0 Å². The van der Waals surface area contributed by atoms with Crippen LogP contribution in [0.3, 0.4) is 0 Å². The molecule has 0 bridgehead atoms. The molecule has 13 nitrogen and oxygen atoms in total. The number of ether oxygens (including phenoxy) is 1. The Morgan fingerprint density at radius 1 is 0.806 bits per heavy atom. The van der Waals surface area contributed by atoms with Crippen molar-refractivity contribution < 1.29 is 59.0 Å². The van der Waals surface area contributed by atoms with Crippen LogP contribution in [0.1, 0.15) is 58.3 Å². The van der Waals surface area contributed by atoms with Crippen LogP contribution in [0.25, 0.3) is 0 Å². The fourth-order valence-corrected chi connectivity index (χ4v) is 3.47. The average Bonchev–Trinajstić information content (AvgIpc) is 2.79. The number of Topliss-reactive ketones (excluding diaryl/α,β-unsaturated/α-hetero) is 2. The number of hydrogen-bond donors (Lipinski definition) is 5. The lowest BCUT2D eigenvalue weighted by Gasteiger charge is -2.29. The largest absolute Gasteiger partial charge is 0.481 e. The number of nitrogens with zero attached hydrogens (tertiary/aromatic N) is 1. The number of aliphatic hydroxyl groups is 2. The molecule has 0 heterocycles. The number of carboxylic acid groups (broad SMARTS) is 3. The highest BCUT2D eigenvalue weighted by Gasteiger charge is 2.30. The predicted octanol–water partition coefficient (Wildman–Crippen LogP) is -0.0501. The Morgan fingerprint density at radius 3 is 1.89 bits per heavy atom. The van der Waals surface area contributed by atoms with Gasteiger partial charge in [-0.25, -0.2) is 0 Å². The average molecular weight is 520 g/mol. The van der Waals surface area contributed by atoms with E-state index in [9.17, 15) is 39.0 Å². The zero-order chi connectivity index (χ0) is 27.7. The maximum atomic E-state index is 12.8. The molecule has 0 rings (SSSR count). The molecule has 0 saturated carbocycles. The van der Waals surface area contributed by atoms with E-state index in [1.807, 2.05) is 0 Å². The zero-order valence-corrected chi connectivity index (χ0v) is 20.5. The molecule has 0 saturated heterocycles. The number of carboxylic acids is 3. The first-order chi connectivity index (χ1) is 16.9. The van der Waals surface area contributed by atoms with E-state index in [-0.39, 0.29) is 45.7 Å². The molecule has 5 N–H and O–H groups in total. The van der Waals surface area contributed by atoms with Crippen LogP contribution in [0.5, 0.6) is 0 Å². The van der Waals surface area contributed by atoms with Crippen LogP contribution in [-0.2, 0) is 33.5 Å². The second-order valence-electron chi connectivity index (χ2n) is 8.52. The minimum Gasteiger partial charge on any atom is -0.481 e. The normalized spacial score (nSPS) is 13.4. The molecule has 0 aromatic carbocycles. The molecule has 3 unspecified atom stereocenters. The first-order valence-electron chi connectivity index (χ1n) is 11.7. The standard InChI is InChI=1S/C23H37NO12/c1-15(7-9-26)24(20(29)14-36-10-2-8-25)13-18(27)11-16(3-5-21(30)31)19(28)12-17(23(34)35)4-6-22(32)33/h15-17,25-26H,2-14H2,1H3,(H,30,31)(H,32,33)(H,34,35). The third kappa shape index (κ3) is 14.5. The molecular formula is C23H37NO12. The van der Waals surface area contributed by atoms with Crippen molar-refractivity contribution in [2.45, 2.75) is 64.3 Å². The zero-order valence-electron chi connectivity index (χ0n) is 20.5. The summed E-state index contributed by atoms with van der Waals surface area (Å²) in [5.74, 6) is -8.01. The summed E-state index contributed by atoms with van der Waals surface area (Å²) in [6.45, 7) is 0.564. The van der Waals surface area contributed by atoms with Crippen molar-refractivity contribution in [3.05, 3.63) is 0 Å². The van der Waals surface area contributed by atoms with E-state index >= 15 is 0 Å². The molecule has 36 heavy (non-hydrogen) atoms. The SMILES string of the molecule is CC(CCO)N(CC(=O)CC(CCC(=O)O)C(=O)CC(CCC(=O)O)C(=O)O)C(=O)COCCCO. The van der Waals surface area contributed by atoms with Gasteiger partial charge in [-0.3, -0.25) is 28.8 Å². The summed E-state index contributed by atoms with van der Waals surface area (Å²) in [6, 6.07) is -0.548. The summed E-state index contributed by atoms with van der Waals surface area (Å²) < 4.78 is 5.18. The van der Waals surface area contributed by atoms with Gasteiger partial charge in [0.05, 0.1) is 12.5 Å². The highest BCUT2D eigenvalue weighted by molar-refractivity contribution is 5.92. The van der Waals surface area contributed by atoms with Gasteiger partial charge in [-0.15, -0.1) is 0 Å². The van der Waals surface area contributed by atoms with Gasteiger partial charge in [-0.05, 0) is 32.6 Å². The molecular weight excluding hydrogens is 482 g/mol. The molecule has 0 aliphatic rings. The Morgan fingerprint density at radius 2 is 1.39 bits per heavy atom. The minimum absolute atomic E-state index is 0.122. The van der Waals surface area contributed by atoms with Crippen molar-refractivity contribution >= 4 is 35.4 Å². The Bertz CT molecular complexity index is 753. The second kappa shape index (κ2) is 18.4. The summed E-state index contributed by atoms with van der Waals surface area (Å²) in [4.78, 5) is 72.6. The summed E-state index contributed by atoms with van der Waals surface area (Å²) in [6.07, 6.45) is -1.94. The second-order valence-corrected chi connectivity index (χ2v) is 8.52. The number of carbonyl (C=O) groups is 6. The van der Waals surface area contributed by atoms with Crippen molar-refractivity contribution in [2.24, 2.45) is 11.8 Å². The molecule has 1 amide bonds. The van der Waals surface area contributed by atoms with Gasteiger partial charge in [-0.2, -0.15) is 0 Å². The number of rotatable bonds is 22. The van der Waals surface area contributed by atoms with Gasteiger partial charge in [0, 0.05) is 57.5 Å². The van der Waals surface area contributed by atoms with Gasteiger partial charge in [-0.1, -0.05) is 0 Å². The molecule has 13 heteroatoms. The van der Waals surface area contributed by atoms with Gasteiger partial charge in [0.2, 0.25) is 5.91 Å². The van der Waals surface area contributed by atoms with Crippen LogP contribution in [0, 0.1) is 11.8 Å². The Balaban J connectivity index is 5.42. The van der Waals surface area contributed by atoms with Crippen LogP contribution in [0.4, 0.5) is 0 Å². The number of ketones is 2. The van der Waals surface area contributed by atoms with Gasteiger partial charge >= 0.3 is 17.9 Å². The monoisotopic (exact) mass is 519 g/mol. The smallest absolute Gasteiger partial charge is 0.306 e. The van der Waals surface area contributed by atoms with Crippen LogP contribution >= 0.6 is 0 Å². The number of hydrogen-bond acceptors (Lipinski definition) is 9. The Hall–Kier alpha value is -2.90. The highest BCUT2D eigenvalue weighted by atomic mass is 16.5. The number of aliphatic carboxylic acids is 3. The van der Waals surface area contributed by atoms with E-state index < -0.39 is 85.5 Å². The van der Waals surface area contributed by atoms with Gasteiger partial charge in [0.15, 0.2) is 5.78 Å². The van der Waals surface area contributed by atoms with Crippen molar-refractivity contribution in [1.82, 2.24) is 4.90 Å². The molecule has 3 atom stereocenters. The summed E-state index contributed by atoms with van der Waals surface area (Å²) >= 11 is 0. The molecule has 0 aliphatic heterocycles. The third-order valence-corrected chi connectivity index (χ3v) is 5.56.